The smallest absolute Gasteiger partial charge is 0.141 e. The molecule has 0 bridgehead atoms. The molecule has 0 radical (unpaired) electrons. The fraction of sp³-hybridized carbons (Fsp3) is 0.700. The van der Waals surface area contributed by atoms with Gasteiger partial charge >= 0.3 is 0 Å². The molecule has 2 heterocycles. The molecule has 15 heavy (non-hydrogen) atoms. The minimum atomic E-state index is -1.14. The maximum Gasteiger partial charge on any atom is 0.141 e. The van der Waals surface area contributed by atoms with Crippen molar-refractivity contribution in [2.45, 2.75) is 25.4 Å². The second-order valence-corrected chi connectivity index (χ2v) is 4.49. The highest BCUT2D eigenvalue weighted by atomic mass is 35.5. The molecule has 0 saturated carbocycles. The summed E-state index contributed by atoms with van der Waals surface area (Å²) in [7, 11) is 1.82. The van der Waals surface area contributed by atoms with E-state index in [-0.39, 0.29) is 0 Å². The maximum atomic E-state index is 13.9. The molecule has 1 aliphatic heterocycles. The van der Waals surface area contributed by atoms with Gasteiger partial charge in [-0.3, -0.25) is 4.68 Å². The minimum absolute atomic E-state index is 0.350. The number of nitrogens with one attached hydrogen (secondary N) is 1. The molecule has 0 unspecified atom stereocenters. The van der Waals surface area contributed by atoms with Gasteiger partial charge in [-0.2, -0.15) is 5.10 Å². The van der Waals surface area contributed by atoms with Crippen molar-refractivity contribution in [2.75, 3.05) is 13.1 Å². The predicted molar refractivity (Wildman–Crippen MR) is 58.0 cm³/mol. The summed E-state index contributed by atoms with van der Waals surface area (Å²) in [4.78, 5) is 0. The van der Waals surface area contributed by atoms with Gasteiger partial charge < -0.3 is 5.32 Å². The molecule has 5 heteroatoms. The standard InChI is InChI=1S/C10H15ClFN3/c1-3-7-9(11)8(15(2)14-7)4-10(12)5-13-6-10/h13H,3-6H2,1-2H3. The zero-order valence-corrected chi connectivity index (χ0v) is 9.73. The number of rotatable bonds is 3. The normalized spacial score (nSPS) is 18.9. The molecular formula is C10H15ClFN3. The van der Waals surface area contributed by atoms with Gasteiger partial charge in [0, 0.05) is 26.6 Å². The highest BCUT2D eigenvalue weighted by Gasteiger charge is 2.38. The van der Waals surface area contributed by atoms with Gasteiger partial charge in [0.2, 0.25) is 0 Å². The van der Waals surface area contributed by atoms with E-state index in [1.54, 1.807) is 4.68 Å². The molecule has 84 valence electrons. The number of alkyl halides is 1. The third kappa shape index (κ3) is 1.88. The van der Waals surface area contributed by atoms with Crippen LogP contribution < -0.4 is 5.32 Å². The summed E-state index contributed by atoms with van der Waals surface area (Å²) in [6, 6.07) is 0. The Hall–Kier alpha value is -0.610. The van der Waals surface area contributed by atoms with Crippen LogP contribution in [0.3, 0.4) is 0 Å². The number of hydrogen-bond donors (Lipinski definition) is 1. The quantitative estimate of drug-likeness (QED) is 0.854. The van der Waals surface area contributed by atoms with Gasteiger partial charge in [-0.1, -0.05) is 18.5 Å². The first-order valence-electron chi connectivity index (χ1n) is 5.15. The molecule has 1 aliphatic rings. The Morgan fingerprint density at radius 1 is 1.60 bits per heavy atom. The highest BCUT2D eigenvalue weighted by Crippen LogP contribution is 2.28. The lowest BCUT2D eigenvalue weighted by molar-refractivity contribution is 0.0889. The molecule has 1 aromatic rings. The summed E-state index contributed by atoms with van der Waals surface area (Å²) in [6.45, 7) is 2.82. The van der Waals surface area contributed by atoms with Crippen LogP contribution in [0.25, 0.3) is 0 Å². The molecule has 3 nitrogen and oxygen atoms in total. The molecule has 1 saturated heterocycles. The van der Waals surface area contributed by atoms with E-state index in [9.17, 15) is 4.39 Å². The summed E-state index contributed by atoms with van der Waals surface area (Å²) in [5, 5.41) is 7.83. The number of aromatic nitrogens is 2. The number of hydrogen-bond acceptors (Lipinski definition) is 2. The van der Waals surface area contributed by atoms with E-state index < -0.39 is 5.67 Å². The molecule has 1 aromatic heterocycles. The van der Waals surface area contributed by atoms with Gasteiger partial charge in [0.05, 0.1) is 16.4 Å². The van der Waals surface area contributed by atoms with E-state index in [1.165, 1.54) is 0 Å². The summed E-state index contributed by atoms with van der Waals surface area (Å²) < 4.78 is 15.6. The average molecular weight is 232 g/mol. The first-order valence-corrected chi connectivity index (χ1v) is 5.53. The number of aryl methyl sites for hydroxylation is 2. The molecule has 1 fully saturated rings. The van der Waals surface area contributed by atoms with Crippen LogP contribution >= 0.6 is 11.6 Å². The third-order valence-corrected chi connectivity index (χ3v) is 3.31. The van der Waals surface area contributed by atoms with Crippen molar-refractivity contribution in [1.29, 1.82) is 0 Å². The molecule has 0 aliphatic carbocycles. The number of halogens is 2. The van der Waals surface area contributed by atoms with E-state index in [0.29, 0.717) is 24.5 Å². The van der Waals surface area contributed by atoms with E-state index in [4.69, 9.17) is 11.6 Å². The molecule has 2 rings (SSSR count). The Labute approximate surface area is 93.6 Å². The zero-order valence-electron chi connectivity index (χ0n) is 8.98. The van der Waals surface area contributed by atoms with Crippen LogP contribution in [-0.4, -0.2) is 28.5 Å². The second kappa shape index (κ2) is 3.76. The van der Waals surface area contributed by atoms with Crippen molar-refractivity contribution in [1.82, 2.24) is 15.1 Å². The van der Waals surface area contributed by atoms with Gasteiger partial charge in [-0.15, -0.1) is 0 Å². The van der Waals surface area contributed by atoms with Gasteiger partial charge in [0.25, 0.3) is 0 Å². The minimum Gasteiger partial charge on any atom is -0.310 e. The Morgan fingerprint density at radius 3 is 2.67 bits per heavy atom. The van der Waals surface area contributed by atoms with Crippen LogP contribution in [-0.2, 0) is 19.9 Å². The zero-order chi connectivity index (χ0) is 11.1. The fourth-order valence-corrected chi connectivity index (χ4v) is 2.19. The molecular weight excluding hydrogens is 217 g/mol. The van der Waals surface area contributed by atoms with Crippen molar-refractivity contribution in [2.24, 2.45) is 7.05 Å². The van der Waals surface area contributed by atoms with Crippen LogP contribution in [0, 0.1) is 0 Å². The first-order chi connectivity index (χ1) is 7.06. The van der Waals surface area contributed by atoms with Crippen molar-refractivity contribution < 1.29 is 4.39 Å². The maximum absolute atomic E-state index is 13.9. The highest BCUT2D eigenvalue weighted by molar-refractivity contribution is 6.31. The van der Waals surface area contributed by atoms with Crippen LogP contribution in [0.1, 0.15) is 18.3 Å². The molecule has 0 amide bonds. The largest absolute Gasteiger partial charge is 0.310 e. The fourth-order valence-electron chi connectivity index (χ4n) is 1.83. The van der Waals surface area contributed by atoms with Crippen LogP contribution in [0.2, 0.25) is 5.02 Å². The van der Waals surface area contributed by atoms with Crippen molar-refractivity contribution >= 4 is 11.6 Å². The van der Waals surface area contributed by atoms with Gasteiger partial charge in [-0.25, -0.2) is 4.39 Å². The lowest BCUT2D eigenvalue weighted by atomic mass is 9.93. The van der Waals surface area contributed by atoms with Crippen LogP contribution in [0.5, 0.6) is 0 Å². The molecule has 1 N–H and O–H groups in total. The Kier molecular flexibility index (Phi) is 2.73. The third-order valence-electron chi connectivity index (χ3n) is 2.87. The van der Waals surface area contributed by atoms with E-state index in [0.717, 1.165) is 17.8 Å². The Morgan fingerprint density at radius 2 is 2.27 bits per heavy atom. The van der Waals surface area contributed by atoms with E-state index >= 15 is 0 Å². The molecule has 0 atom stereocenters. The predicted octanol–water partition coefficient (Wildman–Crippen LogP) is 1.49. The average Bonchev–Trinajstić information content (AvgIpc) is 2.42. The van der Waals surface area contributed by atoms with Crippen LogP contribution in [0.4, 0.5) is 4.39 Å². The Bertz CT molecular complexity index is 371. The second-order valence-electron chi connectivity index (χ2n) is 4.12. The van der Waals surface area contributed by atoms with Crippen molar-refractivity contribution in [3.8, 4) is 0 Å². The molecule has 0 spiro atoms. The Balaban J connectivity index is 2.23. The van der Waals surface area contributed by atoms with E-state index in [1.807, 2.05) is 14.0 Å². The lowest BCUT2D eigenvalue weighted by Gasteiger charge is -2.34. The van der Waals surface area contributed by atoms with Crippen LogP contribution in [0.15, 0.2) is 0 Å². The summed E-state index contributed by atoms with van der Waals surface area (Å²) in [6.07, 6.45) is 1.13. The van der Waals surface area contributed by atoms with Gasteiger partial charge in [0.15, 0.2) is 0 Å². The first kappa shape index (κ1) is 10.9. The SMILES string of the molecule is CCc1nn(C)c(CC2(F)CNC2)c1Cl. The number of nitrogens with zero attached hydrogens (tertiary/aromatic N) is 2. The lowest BCUT2D eigenvalue weighted by Crippen LogP contribution is -2.57. The van der Waals surface area contributed by atoms with Crippen molar-refractivity contribution in [3.63, 3.8) is 0 Å². The van der Waals surface area contributed by atoms with Gasteiger partial charge in [-0.05, 0) is 6.42 Å². The topological polar surface area (TPSA) is 29.9 Å². The van der Waals surface area contributed by atoms with Crippen molar-refractivity contribution in [3.05, 3.63) is 16.4 Å². The summed E-state index contributed by atoms with van der Waals surface area (Å²) in [5.41, 5.74) is 0.519. The summed E-state index contributed by atoms with van der Waals surface area (Å²) >= 11 is 6.15. The summed E-state index contributed by atoms with van der Waals surface area (Å²) in [5.74, 6) is 0. The van der Waals surface area contributed by atoms with E-state index in [2.05, 4.69) is 10.4 Å². The van der Waals surface area contributed by atoms with Gasteiger partial charge in [0.1, 0.15) is 5.67 Å². The monoisotopic (exact) mass is 231 g/mol. The molecule has 0 aromatic carbocycles.